The molecule has 7 heteroatoms. The van der Waals surface area contributed by atoms with Crippen molar-refractivity contribution in [2.24, 2.45) is 5.92 Å². The molecule has 33 heavy (non-hydrogen) atoms. The van der Waals surface area contributed by atoms with E-state index in [0.29, 0.717) is 18.9 Å². The Morgan fingerprint density at radius 1 is 1.27 bits per heavy atom. The standard InChI is InChI=1S/C21H24N2O2.C5H9NO2/c1-5-6-7-11-18-16(3)9-8-10-17(18)14-23-13-15(2)12-19(21(23)25)20(24)22-4;7-2-4-1-5(4)6-3-8/h5-13H,14H2,1-4H3,(H,22,24);3-5,7H,1-2H2,(H,6,8)/b6-5-,11-7-;/t;4?,5-/m.1/s1. The van der Waals surface area contributed by atoms with Gasteiger partial charge in [-0.05, 0) is 55.5 Å². The third kappa shape index (κ3) is 7.29. The van der Waals surface area contributed by atoms with Gasteiger partial charge in [-0.2, -0.15) is 0 Å². The maximum atomic E-state index is 12.7. The van der Waals surface area contributed by atoms with Gasteiger partial charge in [-0.25, -0.2) is 0 Å². The van der Waals surface area contributed by atoms with E-state index >= 15 is 0 Å². The lowest BCUT2D eigenvalue weighted by Crippen LogP contribution is -2.31. The van der Waals surface area contributed by atoms with Gasteiger partial charge in [0.15, 0.2) is 0 Å². The van der Waals surface area contributed by atoms with E-state index < -0.39 is 0 Å². The van der Waals surface area contributed by atoms with Gasteiger partial charge in [-0.1, -0.05) is 42.5 Å². The summed E-state index contributed by atoms with van der Waals surface area (Å²) in [6.07, 6.45) is 11.4. The normalized spacial score (nSPS) is 16.9. The minimum atomic E-state index is -0.361. The summed E-state index contributed by atoms with van der Waals surface area (Å²) in [5.74, 6) is -0.0277. The first kappa shape index (κ1) is 25.8. The SMILES string of the molecule is C/C=C\C=C/c1c(C)cccc1Cn1cc(C)cc(C(=O)NC)c1=O.O=CN[C@@H]1CC1CO. The number of rotatable bonds is 8. The highest BCUT2D eigenvalue weighted by Crippen LogP contribution is 2.28. The molecule has 3 rings (SSSR count). The van der Waals surface area contributed by atoms with Crippen molar-refractivity contribution in [3.8, 4) is 0 Å². The van der Waals surface area contributed by atoms with Gasteiger partial charge < -0.3 is 20.3 Å². The van der Waals surface area contributed by atoms with Crippen LogP contribution in [0.15, 0.2) is 53.5 Å². The Bertz CT molecular complexity index is 1090. The molecule has 1 fully saturated rings. The number of aliphatic hydroxyl groups is 1. The second-order valence-corrected chi connectivity index (χ2v) is 8.05. The molecule has 2 aromatic rings. The van der Waals surface area contributed by atoms with Crippen LogP contribution >= 0.6 is 0 Å². The molecular formula is C26H33N3O4. The van der Waals surface area contributed by atoms with Crippen LogP contribution < -0.4 is 16.2 Å². The average Bonchev–Trinajstić information content (AvgIpc) is 3.56. The number of carbonyl (C=O) groups is 2. The van der Waals surface area contributed by atoms with E-state index in [1.165, 1.54) is 7.05 Å². The van der Waals surface area contributed by atoms with Crippen LogP contribution in [0.4, 0.5) is 0 Å². The summed E-state index contributed by atoms with van der Waals surface area (Å²) in [5, 5.41) is 13.6. The molecule has 2 amide bonds. The van der Waals surface area contributed by atoms with Gasteiger partial charge in [-0.3, -0.25) is 14.4 Å². The summed E-state index contributed by atoms with van der Waals surface area (Å²) in [7, 11) is 1.53. The Labute approximate surface area is 194 Å². The van der Waals surface area contributed by atoms with Gasteiger partial charge in [-0.15, -0.1) is 0 Å². The highest BCUT2D eigenvalue weighted by Gasteiger charge is 2.35. The van der Waals surface area contributed by atoms with Gasteiger partial charge in [0.2, 0.25) is 6.41 Å². The van der Waals surface area contributed by atoms with E-state index in [2.05, 4.69) is 10.6 Å². The van der Waals surface area contributed by atoms with Crippen LogP contribution in [0.25, 0.3) is 6.08 Å². The van der Waals surface area contributed by atoms with Gasteiger partial charge in [0, 0.05) is 31.8 Å². The predicted octanol–water partition coefficient (Wildman–Crippen LogP) is 2.58. The molecule has 1 aliphatic rings. The number of allylic oxidation sites excluding steroid dienone is 3. The largest absolute Gasteiger partial charge is 0.396 e. The number of pyridine rings is 1. The monoisotopic (exact) mass is 451 g/mol. The molecule has 3 N–H and O–H groups in total. The fourth-order valence-electron chi connectivity index (χ4n) is 3.51. The van der Waals surface area contributed by atoms with E-state index in [4.69, 9.17) is 5.11 Å². The minimum absolute atomic E-state index is 0.168. The van der Waals surface area contributed by atoms with Crippen LogP contribution in [0.3, 0.4) is 0 Å². The Morgan fingerprint density at radius 2 is 2.03 bits per heavy atom. The molecule has 1 aliphatic carbocycles. The molecule has 0 saturated heterocycles. The summed E-state index contributed by atoms with van der Waals surface area (Å²) in [4.78, 5) is 34.3. The fourth-order valence-corrected chi connectivity index (χ4v) is 3.51. The van der Waals surface area contributed by atoms with Crippen LogP contribution in [0.2, 0.25) is 0 Å². The van der Waals surface area contributed by atoms with Crippen molar-refractivity contribution in [2.75, 3.05) is 13.7 Å². The summed E-state index contributed by atoms with van der Waals surface area (Å²) >= 11 is 0. The van der Waals surface area contributed by atoms with Crippen molar-refractivity contribution in [2.45, 2.75) is 39.8 Å². The fraction of sp³-hybridized carbons (Fsp3) is 0.346. The molecule has 0 radical (unpaired) electrons. The second kappa shape index (κ2) is 12.6. The van der Waals surface area contributed by atoms with Crippen LogP contribution in [-0.2, 0) is 11.3 Å². The van der Waals surface area contributed by atoms with Crippen LogP contribution in [0.1, 0.15) is 46.0 Å². The molecule has 1 heterocycles. The molecule has 1 aromatic carbocycles. The molecule has 176 valence electrons. The Balaban J connectivity index is 0.000000405. The Morgan fingerprint density at radius 3 is 2.64 bits per heavy atom. The first-order valence-corrected chi connectivity index (χ1v) is 11.0. The summed E-state index contributed by atoms with van der Waals surface area (Å²) in [5.41, 5.74) is 4.03. The predicted molar refractivity (Wildman–Crippen MR) is 131 cm³/mol. The summed E-state index contributed by atoms with van der Waals surface area (Å²) in [6.45, 7) is 6.52. The van der Waals surface area contributed by atoms with E-state index in [-0.39, 0.29) is 29.7 Å². The zero-order valence-corrected chi connectivity index (χ0v) is 19.7. The van der Waals surface area contributed by atoms with Crippen molar-refractivity contribution >= 4 is 18.4 Å². The lowest BCUT2D eigenvalue weighted by atomic mass is 10.0. The third-order valence-corrected chi connectivity index (χ3v) is 5.46. The highest BCUT2D eigenvalue weighted by molar-refractivity contribution is 5.93. The molecule has 0 spiro atoms. The first-order valence-electron chi connectivity index (χ1n) is 11.0. The minimum Gasteiger partial charge on any atom is -0.396 e. The van der Waals surface area contributed by atoms with E-state index in [9.17, 15) is 14.4 Å². The number of aliphatic hydroxyl groups excluding tert-OH is 1. The number of hydrogen-bond acceptors (Lipinski definition) is 4. The average molecular weight is 452 g/mol. The molecule has 2 atom stereocenters. The zero-order chi connectivity index (χ0) is 24.4. The number of nitrogens with one attached hydrogen (secondary N) is 2. The lowest BCUT2D eigenvalue weighted by Gasteiger charge is -2.13. The van der Waals surface area contributed by atoms with Gasteiger partial charge in [0.1, 0.15) is 5.56 Å². The number of hydrogen-bond donors (Lipinski definition) is 3. The Kier molecular flexibility index (Phi) is 9.82. The number of amides is 2. The van der Waals surface area contributed by atoms with Crippen LogP contribution in [0, 0.1) is 19.8 Å². The first-order chi connectivity index (χ1) is 15.9. The second-order valence-electron chi connectivity index (χ2n) is 8.05. The Hall–Kier alpha value is -3.45. The van der Waals surface area contributed by atoms with Crippen molar-refractivity contribution in [3.05, 3.63) is 86.9 Å². The topological polar surface area (TPSA) is 100 Å². The molecule has 7 nitrogen and oxygen atoms in total. The number of aromatic nitrogens is 1. The molecule has 1 saturated carbocycles. The quantitative estimate of drug-likeness (QED) is 0.424. The van der Waals surface area contributed by atoms with E-state index in [1.807, 2.05) is 63.3 Å². The number of benzene rings is 1. The van der Waals surface area contributed by atoms with Crippen LogP contribution in [0.5, 0.6) is 0 Å². The van der Waals surface area contributed by atoms with Gasteiger partial charge >= 0.3 is 0 Å². The summed E-state index contributed by atoms with van der Waals surface area (Å²) in [6, 6.07) is 7.93. The molecule has 1 unspecified atom stereocenters. The van der Waals surface area contributed by atoms with Crippen molar-refractivity contribution in [1.82, 2.24) is 15.2 Å². The number of carbonyl (C=O) groups excluding carboxylic acids is 2. The molecule has 0 bridgehead atoms. The smallest absolute Gasteiger partial charge is 0.263 e. The van der Waals surface area contributed by atoms with E-state index in [0.717, 1.165) is 28.7 Å². The number of nitrogens with zero attached hydrogens (tertiary/aromatic N) is 1. The summed E-state index contributed by atoms with van der Waals surface area (Å²) < 4.78 is 1.60. The van der Waals surface area contributed by atoms with Crippen molar-refractivity contribution in [1.29, 1.82) is 0 Å². The van der Waals surface area contributed by atoms with Crippen molar-refractivity contribution < 1.29 is 14.7 Å². The zero-order valence-electron chi connectivity index (χ0n) is 19.7. The lowest BCUT2D eigenvalue weighted by molar-refractivity contribution is -0.109. The third-order valence-electron chi connectivity index (χ3n) is 5.46. The van der Waals surface area contributed by atoms with Crippen LogP contribution in [-0.4, -0.2) is 41.7 Å². The molecule has 0 aliphatic heterocycles. The van der Waals surface area contributed by atoms with E-state index in [1.54, 1.807) is 16.8 Å². The van der Waals surface area contributed by atoms with Gasteiger partial charge in [0.05, 0.1) is 6.54 Å². The molecular weight excluding hydrogens is 418 g/mol. The van der Waals surface area contributed by atoms with Gasteiger partial charge in [0.25, 0.3) is 11.5 Å². The maximum Gasteiger partial charge on any atom is 0.263 e. The molecule has 1 aromatic heterocycles. The van der Waals surface area contributed by atoms with Crippen molar-refractivity contribution in [3.63, 3.8) is 0 Å². The number of aryl methyl sites for hydroxylation is 2. The highest BCUT2D eigenvalue weighted by atomic mass is 16.3. The maximum absolute atomic E-state index is 12.7.